The van der Waals surface area contributed by atoms with Crippen LogP contribution in [0.3, 0.4) is 0 Å². The predicted molar refractivity (Wildman–Crippen MR) is 96.6 cm³/mol. The van der Waals surface area contributed by atoms with Crippen LogP contribution in [0.2, 0.25) is 10.0 Å². The van der Waals surface area contributed by atoms with Crippen LogP contribution >= 0.6 is 23.2 Å². The van der Waals surface area contributed by atoms with Gasteiger partial charge in [0.05, 0.1) is 4.90 Å². The molecule has 1 aromatic carbocycles. The molecule has 2 heterocycles. The van der Waals surface area contributed by atoms with Crippen molar-refractivity contribution in [2.24, 2.45) is 0 Å². The Morgan fingerprint density at radius 3 is 2.40 bits per heavy atom. The fourth-order valence-electron chi connectivity index (χ4n) is 2.23. The molecule has 0 aliphatic carbocycles. The van der Waals surface area contributed by atoms with Gasteiger partial charge in [0.25, 0.3) is 0 Å². The zero-order valence-corrected chi connectivity index (χ0v) is 15.5. The third-order valence-electron chi connectivity index (χ3n) is 3.49. The highest BCUT2D eigenvalue weighted by molar-refractivity contribution is 7.89. The summed E-state index contributed by atoms with van der Waals surface area (Å²) in [6.45, 7) is 1.97. The highest BCUT2D eigenvalue weighted by Gasteiger charge is 2.15. The first-order chi connectivity index (χ1) is 11.8. The van der Waals surface area contributed by atoms with E-state index in [1.165, 1.54) is 18.2 Å². The number of aromatic nitrogens is 3. The van der Waals surface area contributed by atoms with Gasteiger partial charge in [-0.15, -0.1) is 0 Å². The number of imidazole rings is 1. The third kappa shape index (κ3) is 4.19. The second-order valence-electron chi connectivity index (χ2n) is 5.30. The number of pyridine rings is 1. The summed E-state index contributed by atoms with van der Waals surface area (Å²) >= 11 is 11.7. The Kier molecular flexibility index (Phi) is 5.10. The Morgan fingerprint density at radius 2 is 1.84 bits per heavy atom. The molecule has 0 fully saturated rings. The van der Waals surface area contributed by atoms with Gasteiger partial charge in [0.1, 0.15) is 11.6 Å². The summed E-state index contributed by atoms with van der Waals surface area (Å²) in [6.07, 6.45) is 5.11. The monoisotopic (exact) mass is 396 g/mol. The number of rotatable bonds is 5. The molecular formula is C16H14Cl2N4O2S. The lowest BCUT2D eigenvalue weighted by atomic mass is 10.3. The zero-order chi connectivity index (χ0) is 18.0. The molecule has 0 spiro atoms. The van der Waals surface area contributed by atoms with E-state index in [1.807, 2.05) is 17.7 Å². The number of nitrogens with zero attached hydrogens (tertiary/aromatic N) is 3. The fraction of sp³-hybridized carbons (Fsp3) is 0.125. The van der Waals surface area contributed by atoms with E-state index in [2.05, 4.69) is 14.7 Å². The molecule has 3 aromatic rings. The quantitative estimate of drug-likeness (QED) is 0.716. The molecule has 0 radical (unpaired) electrons. The summed E-state index contributed by atoms with van der Waals surface area (Å²) in [5.41, 5.74) is 0.721. The van der Waals surface area contributed by atoms with Crippen molar-refractivity contribution in [3.8, 4) is 5.82 Å². The lowest BCUT2D eigenvalue weighted by Gasteiger charge is -2.09. The lowest BCUT2D eigenvalue weighted by molar-refractivity contribution is 0.581. The van der Waals surface area contributed by atoms with E-state index in [9.17, 15) is 8.42 Å². The molecule has 0 aliphatic heterocycles. The summed E-state index contributed by atoms with van der Waals surface area (Å²) in [7, 11) is -3.73. The molecular weight excluding hydrogens is 383 g/mol. The van der Waals surface area contributed by atoms with Crippen LogP contribution in [0.15, 0.2) is 53.8 Å². The molecule has 0 saturated carbocycles. The second-order valence-corrected chi connectivity index (χ2v) is 7.94. The highest BCUT2D eigenvalue weighted by Crippen LogP contribution is 2.22. The van der Waals surface area contributed by atoms with Crippen molar-refractivity contribution in [3.05, 3.63) is 70.4 Å². The van der Waals surface area contributed by atoms with Crippen LogP contribution in [0.4, 0.5) is 0 Å². The number of benzene rings is 1. The number of aryl methyl sites for hydroxylation is 1. The maximum atomic E-state index is 12.3. The molecule has 6 nitrogen and oxygen atoms in total. The normalized spacial score (nSPS) is 11.6. The molecule has 0 amide bonds. The van der Waals surface area contributed by atoms with Crippen molar-refractivity contribution in [1.82, 2.24) is 19.3 Å². The molecule has 3 rings (SSSR count). The van der Waals surface area contributed by atoms with Crippen LogP contribution in [0, 0.1) is 6.92 Å². The number of hydrogen-bond acceptors (Lipinski definition) is 4. The van der Waals surface area contributed by atoms with Gasteiger partial charge in [-0.25, -0.2) is 23.1 Å². The minimum atomic E-state index is -3.73. The van der Waals surface area contributed by atoms with Gasteiger partial charge >= 0.3 is 0 Å². The third-order valence-corrected chi connectivity index (χ3v) is 5.31. The van der Waals surface area contributed by atoms with Gasteiger partial charge in [-0.05, 0) is 36.8 Å². The molecule has 130 valence electrons. The van der Waals surface area contributed by atoms with Crippen LogP contribution in [0.1, 0.15) is 11.4 Å². The summed E-state index contributed by atoms with van der Waals surface area (Å²) in [5, 5.41) is 0.518. The summed E-state index contributed by atoms with van der Waals surface area (Å²) in [4.78, 5) is 8.49. The van der Waals surface area contributed by atoms with Crippen molar-refractivity contribution in [2.75, 3.05) is 0 Å². The van der Waals surface area contributed by atoms with Crippen molar-refractivity contribution in [1.29, 1.82) is 0 Å². The first kappa shape index (κ1) is 17.9. The topological polar surface area (TPSA) is 76.9 Å². The number of halogens is 2. The van der Waals surface area contributed by atoms with Crippen LogP contribution in [0.5, 0.6) is 0 Å². The highest BCUT2D eigenvalue weighted by atomic mass is 35.5. The van der Waals surface area contributed by atoms with Crippen LogP contribution in [-0.2, 0) is 16.6 Å². The minimum Gasteiger partial charge on any atom is -0.288 e. The van der Waals surface area contributed by atoms with Gasteiger partial charge in [-0.1, -0.05) is 29.3 Å². The number of hydrogen-bond donors (Lipinski definition) is 1. The molecule has 2 aromatic heterocycles. The molecule has 9 heteroatoms. The van der Waals surface area contributed by atoms with Gasteiger partial charge < -0.3 is 0 Å². The maximum Gasteiger partial charge on any atom is 0.240 e. The van der Waals surface area contributed by atoms with Gasteiger partial charge in [-0.2, -0.15) is 0 Å². The standard InChI is InChI=1S/C16H14Cl2N4O2S/c1-11-19-4-5-22(11)16-3-2-12(9-20-16)10-21-25(23,24)15-7-13(17)6-14(18)8-15/h2-9,21H,10H2,1H3. The summed E-state index contributed by atoms with van der Waals surface area (Å²) < 4.78 is 29.0. The van der Waals surface area contributed by atoms with Gasteiger partial charge in [-0.3, -0.25) is 4.57 Å². The Morgan fingerprint density at radius 1 is 1.12 bits per heavy atom. The van der Waals surface area contributed by atoms with Crippen molar-refractivity contribution >= 4 is 33.2 Å². The fourth-order valence-corrected chi connectivity index (χ4v) is 3.97. The molecule has 0 unspecified atom stereocenters. The second kappa shape index (κ2) is 7.13. The van der Waals surface area contributed by atoms with Crippen LogP contribution in [-0.4, -0.2) is 23.0 Å². The Bertz CT molecular complexity index is 981. The lowest BCUT2D eigenvalue weighted by Crippen LogP contribution is -2.23. The van der Waals surface area contributed by atoms with E-state index >= 15 is 0 Å². The van der Waals surface area contributed by atoms with E-state index in [0.717, 1.165) is 11.4 Å². The van der Waals surface area contributed by atoms with Crippen molar-refractivity contribution in [3.63, 3.8) is 0 Å². The van der Waals surface area contributed by atoms with E-state index in [4.69, 9.17) is 23.2 Å². The smallest absolute Gasteiger partial charge is 0.240 e. The van der Waals surface area contributed by atoms with Crippen molar-refractivity contribution in [2.45, 2.75) is 18.4 Å². The van der Waals surface area contributed by atoms with Crippen LogP contribution in [0.25, 0.3) is 5.82 Å². The Hall–Kier alpha value is -1.93. The summed E-state index contributed by atoms with van der Waals surface area (Å²) in [6, 6.07) is 7.77. The zero-order valence-electron chi connectivity index (χ0n) is 13.1. The molecule has 0 bridgehead atoms. The van der Waals surface area contributed by atoms with Crippen LogP contribution < -0.4 is 4.72 Å². The number of sulfonamides is 1. The van der Waals surface area contributed by atoms with Gasteiger partial charge in [0.15, 0.2) is 0 Å². The van der Waals surface area contributed by atoms with Gasteiger partial charge in [0, 0.05) is 35.2 Å². The Labute approximate surface area is 155 Å². The Balaban J connectivity index is 1.74. The van der Waals surface area contributed by atoms with E-state index in [-0.39, 0.29) is 21.5 Å². The average Bonchev–Trinajstić information content (AvgIpc) is 2.99. The maximum absolute atomic E-state index is 12.3. The first-order valence-electron chi connectivity index (χ1n) is 7.26. The molecule has 1 N–H and O–H groups in total. The van der Waals surface area contributed by atoms with E-state index in [1.54, 1.807) is 24.5 Å². The minimum absolute atomic E-state index is 0.0172. The van der Waals surface area contributed by atoms with Gasteiger partial charge in [0.2, 0.25) is 10.0 Å². The molecule has 25 heavy (non-hydrogen) atoms. The number of nitrogens with one attached hydrogen (secondary N) is 1. The predicted octanol–water partition coefficient (Wildman–Crippen LogP) is 3.36. The largest absolute Gasteiger partial charge is 0.288 e. The van der Waals surface area contributed by atoms with Crippen molar-refractivity contribution < 1.29 is 8.42 Å². The first-order valence-corrected chi connectivity index (χ1v) is 9.50. The van der Waals surface area contributed by atoms with E-state index in [0.29, 0.717) is 5.82 Å². The van der Waals surface area contributed by atoms with E-state index < -0.39 is 10.0 Å². The average molecular weight is 397 g/mol. The molecule has 0 aliphatic rings. The molecule has 0 saturated heterocycles. The molecule has 0 atom stereocenters. The SMILES string of the molecule is Cc1nccn1-c1ccc(CNS(=O)(=O)c2cc(Cl)cc(Cl)c2)cn1. The summed E-state index contributed by atoms with van der Waals surface area (Å²) in [5.74, 6) is 1.53.